The van der Waals surface area contributed by atoms with Crippen molar-refractivity contribution in [1.82, 2.24) is 25.8 Å². The lowest BCUT2D eigenvalue weighted by molar-refractivity contribution is -0.122. The quantitative estimate of drug-likeness (QED) is 0.264. The van der Waals surface area contributed by atoms with Gasteiger partial charge in [-0.2, -0.15) is 0 Å². The van der Waals surface area contributed by atoms with Gasteiger partial charge in [0.2, 0.25) is 17.7 Å². The molecule has 0 saturated heterocycles. The summed E-state index contributed by atoms with van der Waals surface area (Å²) in [6, 6.07) is 0. The molecule has 0 rings (SSSR count). The molecule has 27 heavy (non-hydrogen) atoms. The van der Waals surface area contributed by atoms with Crippen LogP contribution in [0, 0.1) is 0 Å². The number of aliphatic hydroxyl groups excluding tert-OH is 1. The van der Waals surface area contributed by atoms with E-state index in [-0.39, 0.29) is 24.3 Å². The molecule has 0 saturated carbocycles. The zero-order chi connectivity index (χ0) is 20.5. The van der Waals surface area contributed by atoms with Crippen molar-refractivity contribution >= 4 is 17.7 Å². The van der Waals surface area contributed by atoms with E-state index in [1.54, 1.807) is 7.05 Å². The lowest BCUT2D eigenvalue weighted by Crippen LogP contribution is -2.41. The van der Waals surface area contributed by atoms with Crippen LogP contribution < -0.4 is 16.0 Å². The van der Waals surface area contributed by atoms with E-state index in [2.05, 4.69) is 20.9 Å². The summed E-state index contributed by atoms with van der Waals surface area (Å²) in [7, 11) is 1.60. The summed E-state index contributed by atoms with van der Waals surface area (Å²) >= 11 is 0. The fraction of sp³-hybridized carbons (Fsp3) is 0.833. The number of carbonyl (C=O) groups is 3. The number of aliphatic hydroxyl groups is 1. The molecule has 0 atom stereocenters. The van der Waals surface area contributed by atoms with Crippen molar-refractivity contribution in [2.75, 3.05) is 66.0 Å². The van der Waals surface area contributed by atoms with Crippen LogP contribution in [0.1, 0.15) is 33.1 Å². The maximum Gasteiger partial charge on any atom is 0.221 e. The zero-order valence-corrected chi connectivity index (χ0v) is 17.1. The molecular formula is C18H37N5O4. The molecule has 4 N–H and O–H groups in total. The van der Waals surface area contributed by atoms with Crippen LogP contribution in [0.15, 0.2) is 0 Å². The molecule has 0 unspecified atom stereocenters. The van der Waals surface area contributed by atoms with E-state index in [0.29, 0.717) is 71.6 Å². The zero-order valence-electron chi connectivity index (χ0n) is 17.1. The van der Waals surface area contributed by atoms with E-state index in [9.17, 15) is 19.5 Å². The molecular weight excluding hydrogens is 350 g/mol. The third-order valence-electron chi connectivity index (χ3n) is 4.14. The van der Waals surface area contributed by atoms with Gasteiger partial charge in [0.25, 0.3) is 0 Å². The molecule has 0 aromatic carbocycles. The number of nitrogens with zero attached hydrogens (tertiary/aromatic N) is 2. The Kier molecular flexibility index (Phi) is 15.4. The minimum absolute atomic E-state index is 0.00634. The lowest BCUT2D eigenvalue weighted by atomic mass is 10.3. The van der Waals surface area contributed by atoms with E-state index >= 15 is 0 Å². The minimum Gasteiger partial charge on any atom is -0.395 e. The summed E-state index contributed by atoms with van der Waals surface area (Å²) in [5.41, 5.74) is 0. The van der Waals surface area contributed by atoms with E-state index in [0.717, 1.165) is 0 Å². The van der Waals surface area contributed by atoms with Crippen LogP contribution in [-0.2, 0) is 14.4 Å². The van der Waals surface area contributed by atoms with Gasteiger partial charge in [0, 0.05) is 78.7 Å². The summed E-state index contributed by atoms with van der Waals surface area (Å²) in [5, 5.41) is 17.4. The molecule has 0 radical (unpaired) electrons. The highest BCUT2D eigenvalue weighted by molar-refractivity contribution is 5.76. The second-order valence-corrected chi connectivity index (χ2v) is 6.24. The summed E-state index contributed by atoms with van der Waals surface area (Å²) in [6.45, 7) is 8.46. The first-order valence-corrected chi connectivity index (χ1v) is 9.76. The van der Waals surface area contributed by atoms with Crippen molar-refractivity contribution in [2.45, 2.75) is 33.1 Å². The topological polar surface area (TPSA) is 114 Å². The van der Waals surface area contributed by atoms with Gasteiger partial charge in [-0.1, -0.05) is 0 Å². The molecule has 0 aliphatic carbocycles. The van der Waals surface area contributed by atoms with Crippen LogP contribution in [0.4, 0.5) is 0 Å². The molecule has 158 valence electrons. The Balaban J connectivity index is 4.55. The molecule has 0 aromatic rings. The molecule has 0 spiro atoms. The number of rotatable bonds is 16. The Labute approximate surface area is 162 Å². The number of amides is 3. The largest absolute Gasteiger partial charge is 0.395 e. The highest BCUT2D eigenvalue weighted by Gasteiger charge is 2.13. The van der Waals surface area contributed by atoms with Crippen molar-refractivity contribution in [1.29, 1.82) is 0 Å². The monoisotopic (exact) mass is 387 g/mol. The molecule has 0 bridgehead atoms. The Hall–Kier alpha value is -1.71. The number of hydrogen-bond acceptors (Lipinski definition) is 6. The van der Waals surface area contributed by atoms with Gasteiger partial charge in [-0.05, 0) is 13.8 Å². The van der Waals surface area contributed by atoms with Crippen LogP contribution >= 0.6 is 0 Å². The Morgan fingerprint density at radius 3 is 1.48 bits per heavy atom. The highest BCUT2D eigenvalue weighted by atomic mass is 16.3. The summed E-state index contributed by atoms with van der Waals surface area (Å²) in [5.74, 6) is -0.0551. The minimum atomic E-state index is -0.0403. The molecule has 0 fully saturated rings. The van der Waals surface area contributed by atoms with E-state index < -0.39 is 0 Å². The molecule has 0 aromatic heterocycles. The first kappa shape index (κ1) is 25.3. The van der Waals surface area contributed by atoms with E-state index in [1.165, 1.54) is 0 Å². The maximum atomic E-state index is 11.7. The molecule has 0 aliphatic heterocycles. The van der Waals surface area contributed by atoms with Gasteiger partial charge in [-0.15, -0.1) is 0 Å². The van der Waals surface area contributed by atoms with Crippen LogP contribution in [0.5, 0.6) is 0 Å². The SMILES string of the molecule is CCNC(=O)CCN(CCO)CCN(CCC(=O)NC)CCC(=O)NCC. The summed E-state index contributed by atoms with van der Waals surface area (Å²) in [6.07, 6.45) is 1.12. The first-order valence-electron chi connectivity index (χ1n) is 9.76. The third-order valence-corrected chi connectivity index (χ3v) is 4.14. The second-order valence-electron chi connectivity index (χ2n) is 6.24. The van der Waals surface area contributed by atoms with Crippen molar-refractivity contribution < 1.29 is 19.5 Å². The molecule has 3 amide bonds. The van der Waals surface area contributed by atoms with Crippen LogP contribution in [0.2, 0.25) is 0 Å². The second kappa shape index (κ2) is 16.5. The molecule has 0 aliphatic rings. The average molecular weight is 388 g/mol. The van der Waals surface area contributed by atoms with Crippen LogP contribution in [-0.4, -0.2) is 98.6 Å². The number of carbonyl (C=O) groups excluding carboxylic acids is 3. The van der Waals surface area contributed by atoms with Gasteiger partial charge in [-0.3, -0.25) is 19.3 Å². The highest BCUT2D eigenvalue weighted by Crippen LogP contribution is 1.99. The number of hydrogen-bond donors (Lipinski definition) is 4. The predicted octanol–water partition coefficient (Wildman–Crippen LogP) is -1.23. The van der Waals surface area contributed by atoms with Crippen LogP contribution in [0.3, 0.4) is 0 Å². The van der Waals surface area contributed by atoms with Crippen molar-refractivity contribution in [3.63, 3.8) is 0 Å². The fourth-order valence-electron chi connectivity index (χ4n) is 2.57. The summed E-state index contributed by atoms with van der Waals surface area (Å²) in [4.78, 5) is 39.0. The van der Waals surface area contributed by atoms with Gasteiger partial charge in [-0.25, -0.2) is 0 Å². The van der Waals surface area contributed by atoms with Gasteiger partial charge in [0.1, 0.15) is 0 Å². The first-order chi connectivity index (χ1) is 13.0. The fourth-order valence-corrected chi connectivity index (χ4v) is 2.57. The third kappa shape index (κ3) is 14.1. The summed E-state index contributed by atoms with van der Waals surface area (Å²) < 4.78 is 0. The van der Waals surface area contributed by atoms with Gasteiger partial charge in [0.05, 0.1) is 6.61 Å². The predicted molar refractivity (Wildman–Crippen MR) is 105 cm³/mol. The average Bonchev–Trinajstić information content (AvgIpc) is 2.65. The molecule has 0 heterocycles. The standard InChI is InChI=1S/C18H37N5O4/c1-4-20-17(26)7-10-22(9-6-16(25)19-3)12-13-23(14-15-24)11-8-18(27)21-5-2/h24H,4-15H2,1-3H3,(H,19,25)(H,20,26)(H,21,27). The maximum absolute atomic E-state index is 11.7. The lowest BCUT2D eigenvalue weighted by Gasteiger charge is -2.27. The Bertz CT molecular complexity index is 434. The van der Waals surface area contributed by atoms with Gasteiger partial charge < -0.3 is 26.0 Å². The Morgan fingerprint density at radius 2 is 1.11 bits per heavy atom. The van der Waals surface area contributed by atoms with E-state index in [1.807, 2.05) is 18.7 Å². The molecule has 9 nitrogen and oxygen atoms in total. The van der Waals surface area contributed by atoms with Crippen molar-refractivity contribution in [3.05, 3.63) is 0 Å². The van der Waals surface area contributed by atoms with E-state index in [4.69, 9.17) is 0 Å². The Morgan fingerprint density at radius 1 is 0.704 bits per heavy atom. The van der Waals surface area contributed by atoms with Crippen molar-refractivity contribution in [3.8, 4) is 0 Å². The van der Waals surface area contributed by atoms with Crippen LogP contribution in [0.25, 0.3) is 0 Å². The van der Waals surface area contributed by atoms with Gasteiger partial charge >= 0.3 is 0 Å². The number of nitrogens with one attached hydrogen (secondary N) is 3. The molecule has 9 heteroatoms. The van der Waals surface area contributed by atoms with Gasteiger partial charge in [0.15, 0.2) is 0 Å². The van der Waals surface area contributed by atoms with Crippen molar-refractivity contribution in [2.24, 2.45) is 0 Å². The normalized spacial score (nSPS) is 10.9. The smallest absolute Gasteiger partial charge is 0.221 e.